The monoisotopic (exact) mass is 149 g/mol. The van der Waals surface area contributed by atoms with Gasteiger partial charge in [0.15, 0.2) is 0 Å². The summed E-state index contributed by atoms with van der Waals surface area (Å²) in [4.78, 5) is 10.0. The van der Waals surface area contributed by atoms with Crippen molar-refractivity contribution in [1.29, 1.82) is 0 Å². The summed E-state index contributed by atoms with van der Waals surface area (Å²) in [6, 6.07) is 0. The maximum absolute atomic E-state index is 10.0. The van der Waals surface area contributed by atoms with Gasteiger partial charge in [-0.25, -0.2) is 4.79 Å². The fraction of sp³-hybridized carbons (Fsp3) is 0.800. The van der Waals surface area contributed by atoms with Gasteiger partial charge >= 0.3 is 6.09 Å². The van der Waals surface area contributed by atoms with Crippen LogP contribution in [0.25, 0.3) is 0 Å². The van der Waals surface area contributed by atoms with Crippen molar-refractivity contribution >= 4 is 18.7 Å². The van der Waals surface area contributed by atoms with E-state index < -0.39 is 11.6 Å². The molecule has 2 N–H and O–H groups in total. The normalized spacial score (nSPS) is 11.0. The first kappa shape index (κ1) is 8.62. The van der Waals surface area contributed by atoms with Gasteiger partial charge in [-0.2, -0.15) is 12.6 Å². The molecule has 0 aromatic heterocycles. The van der Waals surface area contributed by atoms with Crippen molar-refractivity contribution in [2.45, 2.75) is 19.4 Å². The van der Waals surface area contributed by atoms with E-state index in [0.29, 0.717) is 5.75 Å². The summed E-state index contributed by atoms with van der Waals surface area (Å²) in [7, 11) is 0. The van der Waals surface area contributed by atoms with Gasteiger partial charge < -0.3 is 10.4 Å². The highest BCUT2D eigenvalue weighted by atomic mass is 32.1. The maximum Gasteiger partial charge on any atom is 0.405 e. The van der Waals surface area contributed by atoms with Gasteiger partial charge in [-0.1, -0.05) is 0 Å². The van der Waals surface area contributed by atoms with E-state index in [4.69, 9.17) is 5.11 Å². The first-order valence-electron chi connectivity index (χ1n) is 2.60. The van der Waals surface area contributed by atoms with Gasteiger partial charge in [0.1, 0.15) is 0 Å². The molecule has 0 atom stereocenters. The minimum Gasteiger partial charge on any atom is -0.465 e. The molecule has 9 heavy (non-hydrogen) atoms. The molecule has 0 aliphatic heterocycles. The summed E-state index contributed by atoms with van der Waals surface area (Å²) in [5.41, 5.74) is -0.422. The minimum absolute atomic E-state index is 0.422. The highest BCUT2D eigenvalue weighted by Gasteiger charge is 2.16. The van der Waals surface area contributed by atoms with Crippen LogP contribution in [0.15, 0.2) is 0 Å². The van der Waals surface area contributed by atoms with Crippen LogP contribution in [-0.2, 0) is 0 Å². The first-order valence-corrected chi connectivity index (χ1v) is 3.23. The Morgan fingerprint density at radius 3 is 2.33 bits per heavy atom. The lowest BCUT2D eigenvalue weighted by atomic mass is 10.1. The lowest BCUT2D eigenvalue weighted by Gasteiger charge is -2.21. The van der Waals surface area contributed by atoms with Gasteiger partial charge in [-0.05, 0) is 13.8 Å². The van der Waals surface area contributed by atoms with Gasteiger partial charge in [0.05, 0.1) is 0 Å². The number of hydrogen-bond acceptors (Lipinski definition) is 2. The van der Waals surface area contributed by atoms with Gasteiger partial charge in [-0.15, -0.1) is 0 Å². The second-order valence-corrected chi connectivity index (χ2v) is 2.79. The number of nitrogens with one attached hydrogen (secondary N) is 1. The van der Waals surface area contributed by atoms with Crippen LogP contribution in [0.5, 0.6) is 0 Å². The van der Waals surface area contributed by atoms with E-state index in [0.717, 1.165) is 0 Å². The molecule has 0 unspecified atom stereocenters. The van der Waals surface area contributed by atoms with Crippen LogP contribution in [-0.4, -0.2) is 22.5 Å². The van der Waals surface area contributed by atoms with E-state index >= 15 is 0 Å². The lowest BCUT2D eigenvalue weighted by molar-refractivity contribution is 0.185. The molecule has 0 rings (SSSR count). The summed E-state index contributed by atoms with van der Waals surface area (Å²) in [6.45, 7) is 3.54. The Labute approximate surface area is 59.9 Å². The van der Waals surface area contributed by atoms with Crippen LogP contribution < -0.4 is 5.32 Å². The highest BCUT2D eigenvalue weighted by Crippen LogP contribution is 2.02. The smallest absolute Gasteiger partial charge is 0.405 e. The highest BCUT2D eigenvalue weighted by molar-refractivity contribution is 7.80. The average molecular weight is 149 g/mol. The SMILES string of the molecule is CC(C)(CS)NC(=O)O. The van der Waals surface area contributed by atoms with E-state index in [1.165, 1.54) is 0 Å². The number of carbonyl (C=O) groups is 1. The Kier molecular flexibility index (Phi) is 2.84. The molecule has 0 radical (unpaired) electrons. The second kappa shape index (κ2) is 2.96. The first-order chi connectivity index (χ1) is 3.98. The topological polar surface area (TPSA) is 49.3 Å². The third-order valence-corrected chi connectivity index (χ3v) is 1.63. The molecule has 0 aromatic rings. The zero-order valence-electron chi connectivity index (χ0n) is 5.51. The van der Waals surface area contributed by atoms with Crippen molar-refractivity contribution in [3.63, 3.8) is 0 Å². The maximum atomic E-state index is 10.0. The predicted molar refractivity (Wildman–Crippen MR) is 39.1 cm³/mol. The van der Waals surface area contributed by atoms with E-state index in [1.807, 2.05) is 0 Å². The number of amides is 1. The number of hydrogen-bond donors (Lipinski definition) is 3. The average Bonchev–Trinajstić information content (AvgIpc) is 1.63. The predicted octanol–water partition coefficient (Wildman–Crippen LogP) is 0.962. The standard InChI is InChI=1S/C5H11NO2S/c1-5(2,3-9)6-4(7)8/h6,9H,3H2,1-2H3,(H,7,8). The van der Waals surface area contributed by atoms with E-state index in [1.54, 1.807) is 13.8 Å². The molecule has 3 nitrogen and oxygen atoms in total. The Hall–Kier alpha value is -0.380. The Bertz CT molecular complexity index is 114. The Morgan fingerprint density at radius 2 is 2.22 bits per heavy atom. The zero-order valence-corrected chi connectivity index (χ0v) is 6.40. The van der Waals surface area contributed by atoms with Gasteiger partial charge in [0.25, 0.3) is 0 Å². The Morgan fingerprint density at radius 1 is 1.78 bits per heavy atom. The molecule has 54 valence electrons. The van der Waals surface area contributed by atoms with Gasteiger partial charge in [0.2, 0.25) is 0 Å². The van der Waals surface area contributed by atoms with Gasteiger partial charge in [-0.3, -0.25) is 0 Å². The van der Waals surface area contributed by atoms with Gasteiger partial charge in [0, 0.05) is 11.3 Å². The summed E-state index contributed by atoms with van der Waals surface area (Å²) in [5.74, 6) is 0.499. The van der Waals surface area contributed by atoms with Crippen LogP contribution in [0.1, 0.15) is 13.8 Å². The third kappa shape index (κ3) is 4.14. The third-order valence-electron chi connectivity index (χ3n) is 0.841. The second-order valence-electron chi connectivity index (χ2n) is 2.47. The molecule has 1 amide bonds. The number of carboxylic acid groups (broad SMARTS) is 1. The molecule has 0 heterocycles. The largest absolute Gasteiger partial charge is 0.465 e. The van der Waals surface area contributed by atoms with E-state index in [9.17, 15) is 4.79 Å². The van der Waals surface area contributed by atoms with Crippen molar-refractivity contribution in [3.05, 3.63) is 0 Å². The van der Waals surface area contributed by atoms with E-state index in [2.05, 4.69) is 17.9 Å². The molecule has 0 aliphatic rings. The molecule has 0 saturated heterocycles. The summed E-state index contributed by atoms with van der Waals surface area (Å²) in [6.07, 6.45) is -1.01. The van der Waals surface area contributed by atoms with E-state index in [-0.39, 0.29) is 0 Å². The molecular formula is C5H11NO2S. The summed E-state index contributed by atoms with van der Waals surface area (Å²) in [5, 5.41) is 10.5. The Balaban J connectivity index is 3.71. The molecule has 0 aliphatic carbocycles. The van der Waals surface area contributed by atoms with Crippen molar-refractivity contribution in [3.8, 4) is 0 Å². The van der Waals surface area contributed by atoms with Crippen LogP contribution >= 0.6 is 12.6 Å². The zero-order chi connectivity index (χ0) is 7.49. The van der Waals surface area contributed by atoms with Crippen molar-refractivity contribution < 1.29 is 9.90 Å². The van der Waals surface area contributed by atoms with Crippen LogP contribution in [0.4, 0.5) is 4.79 Å². The summed E-state index contributed by atoms with van der Waals surface area (Å²) >= 11 is 3.95. The molecule has 4 heteroatoms. The molecule has 0 spiro atoms. The van der Waals surface area contributed by atoms with Crippen LogP contribution in [0, 0.1) is 0 Å². The van der Waals surface area contributed by atoms with Crippen LogP contribution in [0.2, 0.25) is 0 Å². The van der Waals surface area contributed by atoms with Crippen molar-refractivity contribution in [2.75, 3.05) is 5.75 Å². The molecule has 0 aromatic carbocycles. The summed E-state index contributed by atoms with van der Waals surface area (Å²) < 4.78 is 0. The lowest BCUT2D eigenvalue weighted by Crippen LogP contribution is -2.44. The number of thiol groups is 1. The molecular weight excluding hydrogens is 138 g/mol. The minimum atomic E-state index is -1.01. The quantitative estimate of drug-likeness (QED) is 0.512. The fourth-order valence-electron chi connectivity index (χ4n) is 0.329. The molecule has 0 fully saturated rings. The van der Waals surface area contributed by atoms with Crippen molar-refractivity contribution in [1.82, 2.24) is 5.32 Å². The molecule has 0 bridgehead atoms. The molecule has 0 saturated carbocycles. The fourth-order valence-corrected chi connectivity index (χ4v) is 0.408. The van der Waals surface area contributed by atoms with Crippen LogP contribution in [0.3, 0.4) is 0 Å². The number of rotatable bonds is 2. The van der Waals surface area contributed by atoms with Crippen molar-refractivity contribution in [2.24, 2.45) is 0 Å².